The first kappa shape index (κ1) is 15.2. The molecule has 0 aliphatic heterocycles. The summed E-state index contributed by atoms with van der Waals surface area (Å²) in [5.74, 6) is -0.764. The van der Waals surface area contributed by atoms with Crippen LogP contribution in [0.1, 0.15) is 11.1 Å². The molecule has 1 aromatic carbocycles. The summed E-state index contributed by atoms with van der Waals surface area (Å²) in [5.41, 5.74) is 3.65. The Morgan fingerprint density at radius 3 is 2.37 bits per heavy atom. The van der Waals surface area contributed by atoms with Crippen LogP contribution in [0, 0.1) is 5.41 Å². The predicted molar refractivity (Wildman–Crippen MR) is 61.7 cm³/mol. The number of rotatable bonds is 4. The number of nitrogen functional groups attached to an aromatic ring is 1. The lowest BCUT2D eigenvalue weighted by molar-refractivity contribution is -0.137. The number of anilines is 1. The molecule has 0 spiro atoms. The van der Waals surface area contributed by atoms with E-state index in [9.17, 15) is 22.0 Å². The predicted octanol–water partition coefficient (Wildman–Crippen LogP) is 2.69. The van der Waals surface area contributed by atoms with Crippen molar-refractivity contribution in [1.82, 2.24) is 0 Å². The number of amidine groups is 1. The summed E-state index contributed by atoms with van der Waals surface area (Å²) in [6.45, 7) is -0.622. The fourth-order valence-electron chi connectivity index (χ4n) is 1.55. The summed E-state index contributed by atoms with van der Waals surface area (Å²) >= 11 is 0. The molecular formula is C11H12F5N3. The van der Waals surface area contributed by atoms with E-state index in [0.29, 0.717) is 0 Å². The first-order valence-electron chi connectivity index (χ1n) is 5.18. The van der Waals surface area contributed by atoms with E-state index in [4.69, 9.17) is 11.1 Å². The van der Waals surface area contributed by atoms with Gasteiger partial charge in [0, 0.05) is 18.3 Å². The zero-order valence-electron chi connectivity index (χ0n) is 9.93. The Balaban J connectivity index is 3.20. The van der Waals surface area contributed by atoms with E-state index in [1.807, 2.05) is 0 Å². The molecule has 8 heteroatoms. The molecule has 0 bridgehead atoms. The van der Waals surface area contributed by atoms with Crippen molar-refractivity contribution in [3.8, 4) is 0 Å². The number of nitrogens with one attached hydrogen (secondary N) is 1. The molecule has 3 nitrogen and oxygen atoms in total. The van der Waals surface area contributed by atoms with E-state index >= 15 is 0 Å². The second-order valence-electron chi connectivity index (χ2n) is 3.91. The van der Waals surface area contributed by atoms with Crippen LogP contribution in [0.2, 0.25) is 0 Å². The molecule has 0 amide bonds. The summed E-state index contributed by atoms with van der Waals surface area (Å²) in [6.07, 6.45) is -7.27. The van der Waals surface area contributed by atoms with Crippen LogP contribution in [0.15, 0.2) is 18.2 Å². The van der Waals surface area contributed by atoms with E-state index in [1.54, 1.807) is 0 Å². The molecule has 19 heavy (non-hydrogen) atoms. The second kappa shape index (κ2) is 5.41. The van der Waals surface area contributed by atoms with E-state index in [2.05, 4.69) is 0 Å². The summed E-state index contributed by atoms with van der Waals surface area (Å²) < 4.78 is 62.4. The summed E-state index contributed by atoms with van der Waals surface area (Å²) in [6, 6.07) is 2.78. The van der Waals surface area contributed by atoms with Crippen molar-refractivity contribution in [3.05, 3.63) is 29.3 Å². The van der Waals surface area contributed by atoms with Crippen LogP contribution >= 0.6 is 0 Å². The van der Waals surface area contributed by atoms with Gasteiger partial charge in [-0.1, -0.05) is 0 Å². The maximum Gasteiger partial charge on any atom is 0.417 e. The molecule has 0 radical (unpaired) electrons. The minimum absolute atomic E-state index is 0.138. The number of alkyl halides is 5. The lowest BCUT2D eigenvalue weighted by Gasteiger charge is -2.21. The van der Waals surface area contributed by atoms with Gasteiger partial charge in [-0.3, -0.25) is 5.41 Å². The van der Waals surface area contributed by atoms with Crippen LogP contribution in [0.4, 0.5) is 27.6 Å². The summed E-state index contributed by atoms with van der Waals surface area (Å²) in [4.78, 5) is 1.09. The molecule has 3 N–H and O–H groups in total. The standard InChI is InChI=1S/C11H12F5N3/c1-19(5-9(12)13)6-2-3-8(11(14,15)16)7(4-6)10(17)18/h2-4,9H,5H2,1H3,(H3,17,18). The van der Waals surface area contributed by atoms with Gasteiger partial charge in [0.25, 0.3) is 6.43 Å². The van der Waals surface area contributed by atoms with Crippen molar-refractivity contribution < 1.29 is 22.0 Å². The van der Waals surface area contributed by atoms with E-state index in [-0.39, 0.29) is 5.69 Å². The van der Waals surface area contributed by atoms with Crippen molar-refractivity contribution in [1.29, 1.82) is 5.41 Å². The monoisotopic (exact) mass is 281 g/mol. The first-order valence-corrected chi connectivity index (χ1v) is 5.18. The molecular weight excluding hydrogens is 269 g/mol. The third-order valence-electron chi connectivity index (χ3n) is 2.45. The van der Waals surface area contributed by atoms with Gasteiger partial charge in [0.05, 0.1) is 12.1 Å². The maximum atomic E-state index is 12.7. The van der Waals surface area contributed by atoms with Gasteiger partial charge in [0.1, 0.15) is 5.84 Å². The lowest BCUT2D eigenvalue weighted by Crippen LogP contribution is -2.25. The van der Waals surface area contributed by atoms with Crippen LogP contribution in [0.25, 0.3) is 0 Å². The molecule has 0 heterocycles. The molecule has 0 aliphatic rings. The molecule has 1 aromatic rings. The molecule has 0 unspecified atom stereocenters. The summed E-state index contributed by atoms with van der Waals surface area (Å²) in [5, 5.41) is 7.15. The van der Waals surface area contributed by atoms with E-state index < -0.39 is 36.1 Å². The zero-order valence-corrected chi connectivity index (χ0v) is 9.93. The van der Waals surface area contributed by atoms with Gasteiger partial charge in [-0.25, -0.2) is 8.78 Å². The second-order valence-corrected chi connectivity index (χ2v) is 3.91. The fourth-order valence-corrected chi connectivity index (χ4v) is 1.55. The maximum absolute atomic E-state index is 12.7. The highest BCUT2D eigenvalue weighted by Gasteiger charge is 2.34. The van der Waals surface area contributed by atoms with Crippen LogP contribution in [0.3, 0.4) is 0 Å². The van der Waals surface area contributed by atoms with E-state index in [0.717, 1.165) is 23.1 Å². The molecule has 0 aromatic heterocycles. The Hall–Kier alpha value is -1.86. The van der Waals surface area contributed by atoms with Gasteiger partial charge in [-0.15, -0.1) is 0 Å². The van der Waals surface area contributed by atoms with Crippen LogP contribution in [-0.4, -0.2) is 25.9 Å². The average Bonchev–Trinajstić information content (AvgIpc) is 2.25. The molecule has 0 aliphatic carbocycles. The highest BCUT2D eigenvalue weighted by molar-refractivity contribution is 5.97. The van der Waals surface area contributed by atoms with Crippen LogP contribution < -0.4 is 10.6 Å². The molecule has 0 atom stereocenters. The number of hydrogen-bond donors (Lipinski definition) is 2. The molecule has 106 valence electrons. The molecule has 0 saturated carbocycles. The normalized spacial score (nSPS) is 11.7. The van der Waals surface area contributed by atoms with Gasteiger partial charge in [0.2, 0.25) is 0 Å². The van der Waals surface area contributed by atoms with E-state index in [1.165, 1.54) is 7.05 Å². The van der Waals surface area contributed by atoms with Crippen LogP contribution in [0.5, 0.6) is 0 Å². The lowest BCUT2D eigenvalue weighted by atomic mass is 10.0. The third-order valence-corrected chi connectivity index (χ3v) is 2.45. The van der Waals surface area contributed by atoms with Gasteiger partial charge in [0.15, 0.2) is 0 Å². The fraction of sp³-hybridized carbons (Fsp3) is 0.364. The summed E-state index contributed by atoms with van der Waals surface area (Å²) in [7, 11) is 1.32. The Kier molecular flexibility index (Phi) is 4.33. The van der Waals surface area contributed by atoms with Gasteiger partial charge >= 0.3 is 6.18 Å². The smallest absolute Gasteiger partial charge is 0.384 e. The van der Waals surface area contributed by atoms with Crippen molar-refractivity contribution in [3.63, 3.8) is 0 Å². The topological polar surface area (TPSA) is 53.1 Å². The molecule has 0 fully saturated rings. The Labute approximate surface area is 106 Å². The largest absolute Gasteiger partial charge is 0.417 e. The highest BCUT2D eigenvalue weighted by atomic mass is 19.4. The minimum atomic E-state index is -4.65. The average molecular weight is 281 g/mol. The highest BCUT2D eigenvalue weighted by Crippen LogP contribution is 2.33. The number of halogens is 5. The Bertz CT molecular complexity index is 470. The van der Waals surface area contributed by atoms with Gasteiger partial charge < -0.3 is 10.6 Å². The van der Waals surface area contributed by atoms with Gasteiger partial charge in [-0.05, 0) is 18.2 Å². The van der Waals surface area contributed by atoms with Crippen molar-refractivity contribution in [2.45, 2.75) is 12.6 Å². The number of hydrogen-bond acceptors (Lipinski definition) is 2. The Morgan fingerprint density at radius 1 is 1.37 bits per heavy atom. The van der Waals surface area contributed by atoms with Crippen molar-refractivity contribution >= 4 is 11.5 Å². The number of benzene rings is 1. The SMILES string of the molecule is CN(CC(F)F)c1ccc(C(F)(F)F)c(C(=N)N)c1. The molecule has 1 rings (SSSR count). The quantitative estimate of drug-likeness (QED) is 0.506. The van der Waals surface area contributed by atoms with Gasteiger partial charge in [-0.2, -0.15) is 13.2 Å². The van der Waals surface area contributed by atoms with Crippen molar-refractivity contribution in [2.75, 3.05) is 18.5 Å². The third kappa shape index (κ3) is 3.80. The Morgan fingerprint density at radius 2 is 1.95 bits per heavy atom. The van der Waals surface area contributed by atoms with Crippen molar-refractivity contribution in [2.24, 2.45) is 5.73 Å². The number of nitrogens with two attached hydrogens (primary N) is 1. The first-order chi connectivity index (χ1) is 8.62. The minimum Gasteiger partial charge on any atom is -0.384 e. The number of nitrogens with zero attached hydrogens (tertiary/aromatic N) is 1. The van der Waals surface area contributed by atoms with Crippen LogP contribution in [-0.2, 0) is 6.18 Å². The zero-order chi connectivity index (χ0) is 14.8. The molecule has 0 saturated heterocycles.